The number of rotatable bonds is 8. The van der Waals surface area contributed by atoms with Gasteiger partial charge in [-0.3, -0.25) is 14.4 Å². The van der Waals surface area contributed by atoms with E-state index < -0.39 is 23.7 Å². The molecular weight excluding hydrogens is 605 g/mol. The van der Waals surface area contributed by atoms with Gasteiger partial charge < -0.3 is 20.1 Å². The highest BCUT2D eigenvalue weighted by atomic mass is 79.9. The Balaban J connectivity index is 1.96. The van der Waals surface area contributed by atoms with Crippen LogP contribution in [0.2, 0.25) is 10.0 Å². The molecule has 3 rings (SSSR count). The molecule has 1 heterocycles. The number of esters is 1. The molecule has 2 N–H and O–H groups in total. The largest absolute Gasteiger partial charge is 0.491 e. The second-order valence-corrected chi connectivity index (χ2v) is 10.5. The number of nitrogens with zero attached hydrogens (tertiary/aromatic N) is 1. The lowest BCUT2D eigenvalue weighted by Crippen LogP contribution is -2.44. The van der Waals surface area contributed by atoms with E-state index in [1.807, 2.05) is 19.1 Å². The third kappa shape index (κ3) is 6.60. The third-order valence-corrected chi connectivity index (χ3v) is 7.91. The van der Waals surface area contributed by atoms with Gasteiger partial charge in [-0.2, -0.15) is 5.26 Å². The van der Waals surface area contributed by atoms with Crippen LogP contribution in [0.3, 0.4) is 0 Å². The first-order valence-corrected chi connectivity index (χ1v) is 13.5. The number of methoxy groups -OCH3 is 1. The van der Waals surface area contributed by atoms with E-state index in [0.29, 0.717) is 17.9 Å². The molecule has 194 valence electrons. The summed E-state index contributed by atoms with van der Waals surface area (Å²) in [7, 11) is 1.15. The minimum absolute atomic E-state index is 0.0728. The minimum atomic E-state index is -1.37. The van der Waals surface area contributed by atoms with Gasteiger partial charge in [0.1, 0.15) is 5.92 Å². The summed E-state index contributed by atoms with van der Waals surface area (Å²) in [5.74, 6) is -4.11. The molecule has 2 atom stereocenters. The van der Waals surface area contributed by atoms with E-state index in [9.17, 15) is 19.6 Å². The Labute approximate surface area is 236 Å². The summed E-state index contributed by atoms with van der Waals surface area (Å²) in [4.78, 5) is 38.2. The van der Waals surface area contributed by atoms with Crippen molar-refractivity contribution in [1.82, 2.24) is 5.32 Å². The van der Waals surface area contributed by atoms with Crippen LogP contribution >= 0.6 is 50.9 Å². The Morgan fingerprint density at radius 2 is 1.92 bits per heavy atom. The van der Waals surface area contributed by atoms with Crippen molar-refractivity contribution in [3.8, 4) is 11.8 Å². The van der Waals surface area contributed by atoms with E-state index in [4.69, 9.17) is 32.7 Å². The van der Waals surface area contributed by atoms with Crippen molar-refractivity contribution in [3.63, 3.8) is 0 Å². The number of hydrogen-bond acceptors (Lipinski definition) is 7. The molecule has 0 unspecified atom stereocenters. The molecule has 12 heteroatoms. The molecule has 0 bridgehead atoms. The van der Waals surface area contributed by atoms with Crippen molar-refractivity contribution in [3.05, 3.63) is 66.6 Å². The summed E-state index contributed by atoms with van der Waals surface area (Å²) in [5, 5.41) is 15.9. The highest BCUT2D eigenvalue weighted by molar-refractivity contribution is 9.10. The van der Waals surface area contributed by atoms with Crippen molar-refractivity contribution in [2.24, 2.45) is 5.92 Å². The zero-order chi connectivity index (χ0) is 27.3. The Morgan fingerprint density at radius 1 is 1.24 bits per heavy atom. The Kier molecular flexibility index (Phi) is 9.90. The predicted octanol–water partition coefficient (Wildman–Crippen LogP) is 5.57. The van der Waals surface area contributed by atoms with Gasteiger partial charge in [0.15, 0.2) is 5.75 Å². The number of amides is 2. The van der Waals surface area contributed by atoms with Crippen molar-refractivity contribution in [1.29, 1.82) is 5.26 Å². The highest BCUT2D eigenvalue weighted by Gasteiger charge is 2.44. The average Bonchev–Trinajstić information content (AvgIpc) is 2.86. The number of halogens is 3. The highest BCUT2D eigenvalue weighted by Crippen LogP contribution is 2.44. The van der Waals surface area contributed by atoms with Gasteiger partial charge in [0.05, 0.1) is 46.2 Å². The maximum absolute atomic E-state index is 13.0. The van der Waals surface area contributed by atoms with Crippen LogP contribution in [0.1, 0.15) is 24.0 Å². The van der Waals surface area contributed by atoms with Gasteiger partial charge in [0.2, 0.25) is 11.8 Å². The number of aryl methyl sites for hydroxylation is 1. The molecule has 1 aliphatic heterocycles. The second kappa shape index (κ2) is 12.7. The number of benzene rings is 2. The fourth-order valence-corrected chi connectivity index (χ4v) is 5.49. The molecule has 37 heavy (non-hydrogen) atoms. The summed E-state index contributed by atoms with van der Waals surface area (Å²) < 4.78 is 11.2. The standard InChI is InChI=1S/C25H22BrCl2N3O5S/c1-4-36-22-17(27)8-13(9-18(22)28)20-15(10-29)24(31-23(33)21(20)25(34)35-3)37-11-19(32)30-14-5-6-16(26)12(2)7-14/h5-9,20-21H,4,11H2,1-3H3,(H,30,32)(H,31,33)/t20-,21+/m1/s1. The molecule has 0 radical (unpaired) electrons. The van der Waals surface area contributed by atoms with E-state index in [0.717, 1.165) is 28.9 Å². The van der Waals surface area contributed by atoms with Crippen molar-refractivity contribution in [2.75, 3.05) is 24.8 Å². The normalized spacial score (nSPS) is 17.1. The van der Waals surface area contributed by atoms with Gasteiger partial charge in [-0.1, -0.05) is 50.9 Å². The molecule has 0 aliphatic carbocycles. The number of ether oxygens (including phenoxy) is 2. The molecule has 0 saturated heterocycles. The maximum atomic E-state index is 13.0. The fraction of sp³-hybridized carbons (Fsp3) is 0.280. The summed E-state index contributed by atoms with van der Waals surface area (Å²) in [6.07, 6.45) is 0. The maximum Gasteiger partial charge on any atom is 0.319 e. The number of hydrogen-bond donors (Lipinski definition) is 2. The van der Waals surface area contributed by atoms with Gasteiger partial charge in [0.25, 0.3) is 0 Å². The van der Waals surface area contributed by atoms with Crippen LogP contribution < -0.4 is 15.4 Å². The zero-order valence-corrected chi connectivity index (χ0v) is 23.9. The minimum Gasteiger partial charge on any atom is -0.491 e. The molecular formula is C25H22BrCl2N3O5S. The number of nitrogens with one attached hydrogen (secondary N) is 2. The molecule has 0 spiro atoms. The molecule has 1 aliphatic rings. The Bertz CT molecular complexity index is 1300. The lowest BCUT2D eigenvalue weighted by molar-refractivity contribution is -0.150. The van der Waals surface area contributed by atoms with Gasteiger partial charge >= 0.3 is 5.97 Å². The average molecular weight is 627 g/mol. The van der Waals surface area contributed by atoms with Crippen LogP contribution in [-0.4, -0.2) is 37.3 Å². The number of anilines is 1. The van der Waals surface area contributed by atoms with E-state index >= 15 is 0 Å². The van der Waals surface area contributed by atoms with Crippen molar-refractivity contribution >= 4 is 74.4 Å². The summed E-state index contributed by atoms with van der Waals surface area (Å²) in [6, 6.07) is 10.5. The molecule has 2 aromatic carbocycles. The number of carbonyl (C=O) groups excluding carboxylic acids is 3. The second-order valence-electron chi connectivity index (χ2n) is 7.87. The molecule has 2 amide bonds. The van der Waals surface area contributed by atoms with Crippen LogP contribution in [0.25, 0.3) is 0 Å². The Morgan fingerprint density at radius 3 is 2.49 bits per heavy atom. The number of carbonyl (C=O) groups is 3. The van der Waals surface area contributed by atoms with Crippen LogP contribution in [0.5, 0.6) is 5.75 Å². The first-order chi connectivity index (χ1) is 17.6. The quantitative estimate of drug-likeness (QED) is 0.290. The van der Waals surface area contributed by atoms with Gasteiger partial charge in [-0.15, -0.1) is 0 Å². The lowest BCUT2D eigenvalue weighted by Gasteiger charge is -2.31. The van der Waals surface area contributed by atoms with E-state index in [1.54, 1.807) is 13.0 Å². The smallest absolute Gasteiger partial charge is 0.319 e. The number of thioether (sulfide) groups is 1. The molecule has 0 aromatic heterocycles. The molecule has 0 saturated carbocycles. The lowest BCUT2D eigenvalue weighted by atomic mass is 9.78. The molecule has 2 aromatic rings. The topological polar surface area (TPSA) is 118 Å². The number of nitriles is 1. The summed E-state index contributed by atoms with van der Waals surface area (Å²) in [6.45, 7) is 3.99. The van der Waals surface area contributed by atoms with Crippen LogP contribution in [0.4, 0.5) is 5.69 Å². The third-order valence-electron chi connectivity index (χ3n) is 5.44. The predicted molar refractivity (Wildman–Crippen MR) is 147 cm³/mol. The van der Waals surface area contributed by atoms with E-state index in [2.05, 4.69) is 32.6 Å². The van der Waals surface area contributed by atoms with E-state index in [1.165, 1.54) is 12.1 Å². The van der Waals surface area contributed by atoms with Crippen LogP contribution in [-0.2, 0) is 19.1 Å². The van der Waals surface area contributed by atoms with Gasteiger partial charge in [-0.25, -0.2) is 0 Å². The molecule has 8 nitrogen and oxygen atoms in total. The first-order valence-electron chi connectivity index (χ1n) is 10.9. The molecule has 0 fully saturated rings. The first kappa shape index (κ1) is 28.9. The van der Waals surface area contributed by atoms with Gasteiger partial charge in [-0.05, 0) is 55.3 Å². The zero-order valence-electron chi connectivity index (χ0n) is 20.0. The summed E-state index contributed by atoms with van der Waals surface area (Å²) in [5.41, 5.74) is 1.98. The van der Waals surface area contributed by atoms with Crippen LogP contribution in [0.15, 0.2) is 45.4 Å². The monoisotopic (exact) mass is 625 g/mol. The van der Waals surface area contributed by atoms with Crippen LogP contribution in [0, 0.1) is 24.2 Å². The number of allylic oxidation sites excluding steroid dienone is 1. The SMILES string of the molecule is CCOc1c(Cl)cc([C@@H]2C(C#N)=C(SCC(=O)Nc3ccc(Br)c(C)c3)NC(=O)[C@H]2C(=O)OC)cc1Cl. The van der Waals surface area contributed by atoms with E-state index in [-0.39, 0.29) is 38.1 Å². The summed E-state index contributed by atoms with van der Waals surface area (Å²) >= 11 is 17.1. The van der Waals surface area contributed by atoms with Gasteiger partial charge in [0, 0.05) is 16.1 Å². The van der Waals surface area contributed by atoms with Crippen molar-refractivity contribution < 1.29 is 23.9 Å². The fourth-order valence-electron chi connectivity index (χ4n) is 3.78. The Hall–Kier alpha value is -2.71. The van der Waals surface area contributed by atoms with Crippen molar-refractivity contribution in [2.45, 2.75) is 19.8 Å².